The molecule has 1 atom stereocenters. The van der Waals surface area contributed by atoms with E-state index in [1.807, 2.05) is 54.6 Å². The minimum atomic E-state index is -1.33. The highest BCUT2D eigenvalue weighted by Gasteiger charge is 2.36. The number of rotatable bonds is 1. The Kier molecular flexibility index (Phi) is 3.29. The molecule has 3 rings (SSSR count). The standard InChI is InChI=1S/C19H16O2/c1-3-12-19(20)16-10-6-4-8-14(16)13-18(21-2)15-9-5-7-11-17(15)19/h4-11,13,20H,1-2H3. The van der Waals surface area contributed by atoms with Crippen LogP contribution in [0.4, 0.5) is 0 Å². The SMILES string of the molecule is CC#CC1(O)c2ccccc2C=C(OC)c2ccccc21. The normalized spacial score (nSPS) is 19.3. The maximum atomic E-state index is 11.3. The van der Waals surface area contributed by atoms with E-state index in [-0.39, 0.29) is 0 Å². The summed E-state index contributed by atoms with van der Waals surface area (Å²) in [5.74, 6) is 6.56. The topological polar surface area (TPSA) is 29.5 Å². The summed E-state index contributed by atoms with van der Waals surface area (Å²) in [4.78, 5) is 0. The maximum Gasteiger partial charge on any atom is 0.178 e. The fourth-order valence-corrected chi connectivity index (χ4v) is 2.81. The van der Waals surface area contributed by atoms with Crippen LogP contribution in [-0.4, -0.2) is 12.2 Å². The smallest absolute Gasteiger partial charge is 0.178 e. The van der Waals surface area contributed by atoms with Crippen LogP contribution in [0.1, 0.15) is 29.2 Å². The van der Waals surface area contributed by atoms with Crippen molar-refractivity contribution < 1.29 is 9.84 Å². The number of aliphatic hydroxyl groups is 1. The summed E-state index contributed by atoms with van der Waals surface area (Å²) >= 11 is 0. The third-order valence-corrected chi connectivity index (χ3v) is 3.75. The van der Waals surface area contributed by atoms with Gasteiger partial charge in [0, 0.05) is 16.7 Å². The number of hydrogen-bond donors (Lipinski definition) is 1. The lowest BCUT2D eigenvalue weighted by Crippen LogP contribution is -2.26. The molecule has 1 aliphatic rings. The molecule has 1 N–H and O–H groups in total. The van der Waals surface area contributed by atoms with Crippen LogP contribution in [0, 0.1) is 11.8 Å². The van der Waals surface area contributed by atoms with Crippen molar-refractivity contribution in [2.75, 3.05) is 7.11 Å². The summed E-state index contributed by atoms with van der Waals surface area (Å²) in [5.41, 5.74) is 1.96. The lowest BCUT2D eigenvalue weighted by atomic mass is 9.83. The van der Waals surface area contributed by atoms with E-state index in [4.69, 9.17) is 4.74 Å². The molecule has 2 aromatic rings. The van der Waals surface area contributed by atoms with Crippen LogP contribution in [0.15, 0.2) is 48.5 Å². The first-order chi connectivity index (χ1) is 10.2. The quantitative estimate of drug-likeness (QED) is 0.809. The Morgan fingerprint density at radius 3 is 2.38 bits per heavy atom. The number of methoxy groups -OCH3 is 1. The maximum absolute atomic E-state index is 11.3. The molecule has 2 heteroatoms. The van der Waals surface area contributed by atoms with Crippen molar-refractivity contribution in [3.63, 3.8) is 0 Å². The van der Waals surface area contributed by atoms with Gasteiger partial charge in [0.25, 0.3) is 0 Å². The molecule has 0 aromatic heterocycles. The molecule has 1 aliphatic carbocycles. The second-order valence-electron chi connectivity index (χ2n) is 4.93. The van der Waals surface area contributed by atoms with Crippen LogP contribution in [0.2, 0.25) is 0 Å². The number of benzene rings is 2. The first-order valence-electron chi connectivity index (χ1n) is 6.82. The second-order valence-corrected chi connectivity index (χ2v) is 4.93. The molecule has 0 saturated carbocycles. The average Bonchev–Trinajstić information content (AvgIpc) is 2.62. The highest BCUT2D eigenvalue weighted by molar-refractivity contribution is 5.84. The molecule has 0 fully saturated rings. The summed E-state index contributed by atoms with van der Waals surface area (Å²) in [7, 11) is 1.64. The second kappa shape index (κ2) is 5.12. The Bertz CT molecular complexity index is 777. The fraction of sp³-hybridized carbons (Fsp3) is 0.158. The van der Waals surface area contributed by atoms with Gasteiger partial charge in [-0.05, 0) is 18.6 Å². The molecule has 0 amide bonds. The van der Waals surface area contributed by atoms with Crippen molar-refractivity contribution in [3.05, 3.63) is 70.8 Å². The molecule has 0 saturated heterocycles. The predicted octanol–water partition coefficient (Wildman–Crippen LogP) is 3.40. The van der Waals surface area contributed by atoms with Crippen LogP contribution < -0.4 is 0 Å². The summed E-state index contributed by atoms with van der Waals surface area (Å²) in [5, 5.41) is 11.3. The first-order valence-corrected chi connectivity index (χ1v) is 6.82. The van der Waals surface area contributed by atoms with Gasteiger partial charge in [-0.15, -0.1) is 5.92 Å². The molecule has 0 aliphatic heterocycles. The van der Waals surface area contributed by atoms with Gasteiger partial charge in [-0.1, -0.05) is 54.5 Å². The lowest BCUT2D eigenvalue weighted by Gasteiger charge is -2.25. The lowest BCUT2D eigenvalue weighted by molar-refractivity contribution is 0.144. The van der Waals surface area contributed by atoms with E-state index >= 15 is 0 Å². The molecule has 0 spiro atoms. The zero-order valence-electron chi connectivity index (χ0n) is 12.1. The highest BCUT2D eigenvalue weighted by atomic mass is 16.5. The van der Waals surface area contributed by atoms with Crippen molar-refractivity contribution in [1.29, 1.82) is 0 Å². The number of fused-ring (bicyclic) bond motifs is 2. The van der Waals surface area contributed by atoms with E-state index in [2.05, 4.69) is 11.8 Å². The van der Waals surface area contributed by atoms with Crippen molar-refractivity contribution in [3.8, 4) is 11.8 Å². The van der Waals surface area contributed by atoms with Crippen LogP contribution in [0.5, 0.6) is 0 Å². The van der Waals surface area contributed by atoms with Gasteiger partial charge in [-0.25, -0.2) is 0 Å². The highest BCUT2D eigenvalue weighted by Crippen LogP contribution is 2.40. The van der Waals surface area contributed by atoms with Gasteiger partial charge in [0.1, 0.15) is 5.76 Å². The Hall–Kier alpha value is -2.50. The Balaban J connectivity index is 2.43. The summed E-state index contributed by atoms with van der Waals surface area (Å²) in [6.45, 7) is 1.73. The largest absolute Gasteiger partial charge is 0.496 e. The van der Waals surface area contributed by atoms with Crippen LogP contribution in [0.3, 0.4) is 0 Å². The zero-order valence-corrected chi connectivity index (χ0v) is 12.1. The van der Waals surface area contributed by atoms with Gasteiger partial charge in [0.15, 0.2) is 5.60 Å². The average molecular weight is 276 g/mol. The van der Waals surface area contributed by atoms with Gasteiger partial charge >= 0.3 is 0 Å². The molecule has 104 valence electrons. The van der Waals surface area contributed by atoms with Gasteiger partial charge in [0.2, 0.25) is 0 Å². The predicted molar refractivity (Wildman–Crippen MR) is 84.2 cm³/mol. The minimum absolute atomic E-state index is 0.729. The Morgan fingerprint density at radius 1 is 1.00 bits per heavy atom. The fourth-order valence-electron chi connectivity index (χ4n) is 2.81. The van der Waals surface area contributed by atoms with Crippen molar-refractivity contribution in [1.82, 2.24) is 0 Å². The Labute approximate surface area is 124 Å². The Morgan fingerprint density at radius 2 is 1.67 bits per heavy atom. The first kappa shape index (κ1) is 13.5. The van der Waals surface area contributed by atoms with Gasteiger partial charge in [0.05, 0.1) is 7.11 Å². The van der Waals surface area contributed by atoms with Crippen molar-refractivity contribution >= 4 is 11.8 Å². The number of ether oxygens (including phenoxy) is 1. The molecular weight excluding hydrogens is 260 g/mol. The van der Waals surface area contributed by atoms with Crippen molar-refractivity contribution in [2.24, 2.45) is 0 Å². The molecule has 21 heavy (non-hydrogen) atoms. The van der Waals surface area contributed by atoms with E-state index in [0.717, 1.165) is 28.0 Å². The third kappa shape index (κ3) is 2.03. The summed E-state index contributed by atoms with van der Waals surface area (Å²) in [6.07, 6.45) is 1.95. The van der Waals surface area contributed by atoms with E-state index in [9.17, 15) is 5.11 Å². The number of hydrogen-bond acceptors (Lipinski definition) is 2. The molecule has 1 unspecified atom stereocenters. The molecule has 0 radical (unpaired) electrons. The minimum Gasteiger partial charge on any atom is -0.496 e. The molecule has 2 aromatic carbocycles. The molecular formula is C19H16O2. The molecule has 2 nitrogen and oxygen atoms in total. The summed E-state index contributed by atoms with van der Waals surface area (Å²) in [6, 6.07) is 15.4. The van der Waals surface area contributed by atoms with Gasteiger partial charge in [-0.2, -0.15) is 0 Å². The zero-order chi connectivity index (χ0) is 14.9. The van der Waals surface area contributed by atoms with Gasteiger partial charge < -0.3 is 9.84 Å². The van der Waals surface area contributed by atoms with Crippen LogP contribution in [-0.2, 0) is 10.3 Å². The summed E-state index contributed by atoms with van der Waals surface area (Å²) < 4.78 is 5.53. The van der Waals surface area contributed by atoms with E-state index in [0.29, 0.717) is 0 Å². The van der Waals surface area contributed by atoms with Gasteiger partial charge in [-0.3, -0.25) is 0 Å². The van der Waals surface area contributed by atoms with E-state index in [1.54, 1.807) is 14.0 Å². The van der Waals surface area contributed by atoms with E-state index < -0.39 is 5.60 Å². The monoisotopic (exact) mass is 276 g/mol. The van der Waals surface area contributed by atoms with Crippen LogP contribution in [0.25, 0.3) is 11.8 Å². The third-order valence-electron chi connectivity index (χ3n) is 3.75. The van der Waals surface area contributed by atoms with Crippen molar-refractivity contribution in [2.45, 2.75) is 12.5 Å². The van der Waals surface area contributed by atoms with Crippen LogP contribution >= 0.6 is 0 Å². The molecule has 0 heterocycles. The van der Waals surface area contributed by atoms with E-state index in [1.165, 1.54) is 0 Å². The molecule has 0 bridgehead atoms.